The molecule has 1 heterocycles. The largest absolute Gasteiger partial charge is 0.481 e. The van der Waals surface area contributed by atoms with Gasteiger partial charge in [0, 0.05) is 0 Å². The molecule has 0 unspecified atom stereocenters. The highest BCUT2D eigenvalue weighted by Crippen LogP contribution is 2.18. The van der Waals surface area contributed by atoms with E-state index < -0.39 is 6.10 Å². The highest BCUT2D eigenvalue weighted by molar-refractivity contribution is 5.92. The van der Waals surface area contributed by atoms with Gasteiger partial charge < -0.3 is 4.74 Å². The minimum absolute atomic E-state index is 0.282. The van der Waals surface area contributed by atoms with Gasteiger partial charge in [0.05, 0.1) is 0 Å². The molecule has 0 fully saturated rings. The first kappa shape index (κ1) is 12.1. The van der Waals surface area contributed by atoms with E-state index >= 15 is 0 Å². The molecule has 0 aliphatic rings. The molecule has 6 nitrogen and oxygen atoms in total. The van der Waals surface area contributed by atoms with Gasteiger partial charge in [-0.15, -0.1) is 0 Å². The first-order chi connectivity index (χ1) is 8.66. The standard InChI is InChI=1S/C12H14N4O2/c1-8-5-3-4-6-10(8)18-9(2)11(17)15-12-13-7-14-16-12/h3-7,9H,1-2H3,(H2,13,14,15,16,17)/t9-/m1/s1. The molecule has 2 rings (SSSR count). The van der Waals surface area contributed by atoms with Crippen molar-refractivity contribution in [1.82, 2.24) is 15.2 Å². The Kier molecular flexibility index (Phi) is 3.57. The molecule has 0 aliphatic heterocycles. The number of H-pyrrole nitrogens is 1. The second kappa shape index (κ2) is 5.31. The van der Waals surface area contributed by atoms with Crippen LogP contribution in [0.2, 0.25) is 0 Å². The molecule has 1 aromatic carbocycles. The summed E-state index contributed by atoms with van der Waals surface area (Å²) in [6.45, 7) is 3.61. The number of aromatic nitrogens is 3. The molecule has 0 radical (unpaired) electrons. The third-order valence-electron chi connectivity index (χ3n) is 2.42. The van der Waals surface area contributed by atoms with Crippen molar-refractivity contribution < 1.29 is 9.53 Å². The lowest BCUT2D eigenvalue weighted by atomic mass is 10.2. The average Bonchev–Trinajstić information content (AvgIpc) is 2.84. The predicted octanol–water partition coefficient (Wildman–Crippen LogP) is 1.52. The maximum absolute atomic E-state index is 11.8. The van der Waals surface area contributed by atoms with Crippen molar-refractivity contribution in [3.05, 3.63) is 36.2 Å². The molecule has 94 valence electrons. The number of amides is 1. The van der Waals surface area contributed by atoms with Crippen LogP contribution in [0.3, 0.4) is 0 Å². The number of nitrogens with zero attached hydrogens (tertiary/aromatic N) is 2. The Morgan fingerprint density at radius 2 is 2.22 bits per heavy atom. The molecule has 0 spiro atoms. The van der Waals surface area contributed by atoms with Gasteiger partial charge >= 0.3 is 0 Å². The van der Waals surface area contributed by atoms with Crippen LogP contribution in [0.25, 0.3) is 0 Å². The van der Waals surface area contributed by atoms with E-state index in [0.717, 1.165) is 5.56 Å². The quantitative estimate of drug-likeness (QED) is 0.857. The van der Waals surface area contributed by atoms with Gasteiger partial charge in [-0.2, -0.15) is 10.1 Å². The molecular weight excluding hydrogens is 232 g/mol. The Labute approximate surface area is 104 Å². The smallest absolute Gasteiger partial charge is 0.267 e. The summed E-state index contributed by atoms with van der Waals surface area (Å²) >= 11 is 0. The lowest BCUT2D eigenvalue weighted by molar-refractivity contribution is -0.122. The third-order valence-corrected chi connectivity index (χ3v) is 2.42. The van der Waals surface area contributed by atoms with Gasteiger partial charge in [0.2, 0.25) is 5.95 Å². The number of carbonyl (C=O) groups excluding carboxylic acids is 1. The molecule has 0 aliphatic carbocycles. The molecule has 2 aromatic rings. The van der Waals surface area contributed by atoms with E-state index in [4.69, 9.17) is 4.74 Å². The Morgan fingerprint density at radius 1 is 1.44 bits per heavy atom. The van der Waals surface area contributed by atoms with Crippen LogP contribution < -0.4 is 10.1 Å². The summed E-state index contributed by atoms with van der Waals surface area (Å²) in [6.07, 6.45) is 0.707. The Morgan fingerprint density at radius 3 is 2.89 bits per heavy atom. The highest BCUT2D eigenvalue weighted by atomic mass is 16.5. The number of para-hydroxylation sites is 1. The second-order valence-corrected chi connectivity index (χ2v) is 3.85. The summed E-state index contributed by atoms with van der Waals surface area (Å²) in [5.41, 5.74) is 0.983. The van der Waals surface area contributed by atoms with Gasteiger partial charge in [-0.1, -0.05) is 18.2 Å². The van der Waals surface area contributed by atoms with Crippen LogP contribution in [0.5, 0.6) is 5.75 Å². The van der Waals surface area contributed by atoms with Crippen LogP contribution in [0.15, 0.2) is 30.6 Å². The van der Waals surface area contributed by atoms with Gasteiger partial charge in [0.15, 0.2) is 6.10 Å². The zero-order valence-corrected chi connectivity index (χ0v) is 10.2. The monoisotopic (exact) mass is 246 g/mol. The van der Waals surface area contributed by atoms with E-state index in [9.17, 15) is 4.79 Å². The molecule has 2 N–H and O–H groups in total. The maximum atomic E-state index is 11.8. The molecule has 0 bridgehead atoms. The zero-order chi connectivity index (χ0) is 13.0. The Balaban J connectivity index is 1.97. The van der Waals surface area contributed by atoms with Crippen LogP contribution >= 0.6 is 0 Å². The number of nitrogens with one attached hydrogen (secondary N) is 2. The van der Waals surface area contributed by atoms with Crippen LogP contribution in [0.4, 0.5) is 5.95 Å². The van der Waals surface area contributed by atoms with Gasteiger partial charge in [-0.25, -0.2) is 5.10 Å². The lowest BCUT2D eigenvalue weighted by Crippen LogP contribution is -2.30. The van der Waals surface area contributed by atoms with Crippen molar-refractivity contribution in [1.29, 1.82) is 0 Å². The Bertz CT molecular complexity index is 525. The summed E-state index contributed by atoms with van der Waals surface area (Å²) in [4.78, 5) is 15.6. The van der Waals surface area contributed by atoms with Crippen molar-refractivity contribution in [2.24, 2.45) is 0 Å². The van der Waals surface area contributed by atoms with Gasteiger partial charge in [0.25, 0.3) is 5.91 Å². The van der Waals surface area contributed by atoms with E-state index in [1.54, 1.807) is 6.92 Å². The fourth-order valence-electron chi connectivity index (χ4n) is 1.42. The van der Waals surface area contributed by atoms with Crippen LogP contribution in [-0.2, 0) is 4.79 Å². The van der Waals surface area contributed by atoms with E-state index in [-0.39, 0.29) is 5.91 Å². The van der Waals surface area contributed by atoms with E-state index in [1.165, 1.54) is 6.33 Å². The number of aromatic amines is 1. The first-order valence-electron chi connectivity index (χ1n) is 5.55. The van der Waals surface area contributed by atoms with Crippen LogP contribution in [-0.4, -0.2) is 27.2 Å². The molecule has 1 atom stereocenters. The zero-order valence-electron chi connectivity index (χ0n) is 10.2. The fourth-order valence-corrected chi connectivity index (χ4v) is 1.42. The van der Waals surface area contributed by atoms with Crippen molar-refractivity contribution in [3.8, 4) is 5.75 Å². The molecule has 0 saturated carbocycles. The fraction of sp³-hybridized carbons (Fsp3) is 0.250. The number of carbonyl (C=O) groups is 1. The number of hydrogen-bond donors (Lipinski definition) is 2. The summed E-state index contributed by atoms with van der Waals surface area (Å²) < 4.78 is 5.58. The topological polar surface area (TPSA) is 79.9 Å². The molecular formula is C12H14N4O2. The number of aryl methyl sites for hydroxylation is 1. The normalized spacial score (nSPS) is 11.9. The second-order valence-electron chi connectivity index (χ2n) is 3.85. The summed E-state index contributed by atoms with van der Waals surface area (Å²) in [5, 5.41) is 8.76. The first-order valence-corrected chi connectivity index (χ1v) is 5.55. The number of anilines is 1. The Hall–Kier alpha value is -2.37. The van der Waals surface area contributed by atoms with Gasteiger partial charge in [-0.05, 0) is 25.5 Å². The predicted molar refractivity (Wildman–Crippen MR) is 66.3 cm³/mol. The maximum Gasteiger partial charge on any atom is 0.267 e. The number of benzene rings is 1. The average molecular weight is 246 g/mol. The molecule has 18 heavy (non-hydrogen) atoms. The van der Waals surface area contributed by atoms with E-state index in [0.29, 0.717) is 11.7 Å². The lowest BCUT2D eigenvalue weighted by Gasteiger charge is -2.15. The number of ether oxygens (including phenoxy) is 1. The van der Waals surface area contributed by atoms with Gasteiger partial charge in [-0.3, -0.25) is 10.1 Å². The number of hydrogen-bond acceptors (Lipinski definition) is 4. The SMILES string of the molecule is Cc1ccccc1O[C@H](C)C(=O)Nc1ncn[nH]1. The minimum atomic E-state index is -0.615. The van der Waals surface area contributed by atoms with E-state index in [2.05, 4.69) is 20.5 Å². The minimum Gasteiger partial charge on any atom is -0.481 e. The van der Waals surface area contributed by atoms with Crippen molar-refractivity contribution in [3.63, 3.8) is 0 Å². The third kappa shape index (κ3) is 2.85. The summed E-state index contributed by atoms with van der Waals surface area (Å²) in [7, 11) is 0. The van der Waals surface area contributed by atoms with Gasteiger partial charge in [0.1, 0.15) is 12.1 Å². The molecule has 6 heteroatoms. The molecule has 1 amide bonds. The highest BCUT2D eigenvalue weighted by Gasteiger charge is 2.16. The van der Waals surface area contributed by atoms with E-state index in [1.807, 2.05) is 31.2 Å². The van der Waals surface area contributed by atoms with Crippen LogP contribution in [0, 0.1) is 6.92 Å². The molecule has 0 saturated heterocycles. The summed E-state index contributed by atoms with van der Waals surface area (Å²) in [6, 6.07) is 7.54. The molecule has 1 aromatic heterocycles. The van der Waals surface area contributed by atoms with Crippen molar-refractivity contribution >= 4 is 11.9 Å². The summed E-state index contributed by atoms with van der Waals surface area (Å²) in [5.74, 6) is 0.716. The van der Waals surface area contributed by atoms with Crippen molar-refractivity contribution in [2.45, 2.75) is 20.0 Å². The van der Waals surface area contributed by atoms with Crippen LogP contribution in [0.1, 0.15) is 12.5 Å². The number of rotatable bonds is 4. The van der Waals surface area contributed by atoms with Crippen molar-refractivity contribution in [2.75, 3.05) is 5.32 Å².